The second-order valence-electron chi connectivity index (χ2n) is 18.4. The van der Waals surface area contributed by atoms with Crippen molar-refractivity contribution in [3.63, 3.8) is 0 Å². The number of fused-ring (bicyclic) bond motifs is 8. The number of rotatable bonds is 11. The van der Waals surface area contributed by atoms with Crippen molar-refractivity contribution in [3.05, 3.63) is 23.3 Å². The molecule has 9 heteroatoms. The number of aliphatic hydroxyl groups excluding tert-OH is 1. The van der Waals surface area contributed by atoms with Crippen molar-refractivity contribution in [3.8, 4) is 0 Å². The minimum atomic E-state index is -1.64. The highest BCUT2D eigenvalue weighted by Gasteiger charge is 2.82. The van der Waals surface area contributed by atoms with Gasteiger partial charge in [-0.05, 0) is 111 Å². The maximum atomic E-state index is 14.0. The second-order valence-corrected chi connectivity index (χ2v) is 18.4. The van der Waals surface area contributed by atoms with Crippen LogP contribution in [-0.4, -0.2) is 88.4 Å². The Bertz CT molecular complexity index is 1400. The molecule has 0 bridgehead atoms. The molecule has 5 fully saturated rings. The van der Waals surface area contributed by atoms with E-state index in [0.29, 0.717) is 51.0 Å². The average molecular weight is 697 g/mol. The zero-order chi connectivity index (χ0) is 35.9. The van der Waals surface area contributed by atoms with Gasteiger partial charge in [0.25, 0.3) is 0 Å². The summed E-state index contributed by atoms with van der Waals surface area (Å²) in [5, 5.41) is 59.1. The third-order valence-corrected chi connectivity index (χ3v) is 16.0. The Morgan fingerprint density at radius 3 is 2.56 bits per heavy atom. The fraction of sp³-hybridized carbons (Fsp3) is 0.854. The number of carbonyl (C=O) groups is 2. The predicted molar refractivity (Wildman–Crippen MR) is 191 cm³/mol. The molecule has 0 aromatic heterocycles. The molecular formula is C41H64N2O7. The summed E-state index contributed by atoms with van der Waals surface area (Å²) in [6.45, 7) is 10.8. The minimum absolute atomic E-state index is 0.112. The Labute approximate surface area is 299 Å². The van der Waals surface area contributed by atoms with Gasteiger partial charge in [0, 0.05) is 43.0 Å². The van der Waals surface area contributed by atoms with Crippen molar-refractivity contribution in [2.45, 2.75) is 134 Å². The van der Waals surface area contributed by atoms with Crippen molar-refractivity contribution in [1.29, 1.82) is 0 Å². The van der Waals surface area contributed by atoms with Crippen LogP contribution in [0.3, 0.4) is 0 Å². The predicted octanol–water partition coefficient (Wildman–Crippen LogP) is 4.07. The Kier molecular flexibility index (Phi) is 9.58. The summed E-state index contributed by atoms with van der Waals surface area (Å²) in [6, 6.07) is 0. The van der Waals surface area contributed by atoms with Crippen LogP contribution in [-0.2, 0) is 14.3 Å². The van der Waals surface area contributed by atoms with E-state index in [0.717, 1.165) is 62.6 Å². The van der Waals surface area contributed by atoms with Crippen molar-refractivity contribution < 1.29 is 34.8 Å². The Morgan fingerprint density at radius 2 is 1.86 bits per heavy atom. The first-order chi connectivity index (χ1) is 23.8. The van der Waals surface area contributed by atoms with Gasteiger partial charge in [-0.1, -0.05) is 53.0 Å². The molecule has 0 unspecified atom stereocenters. The Morgan fingerprint density at radius 1 is 1.08 bits per heavy atom. The molecule has 0 spiro atoms. The van der Waals surface area contributed by atoms with E-state index in [1.165, 1.54) is 0 Å². The van der Waals surface area contributed by atoms with Crippen LogP contribution in [0.25, 0.3) is 0 Å². The van der Waals surface area contributed by atoms with Crippen molar-refractivity contribution in [2.75, 3.05) is 26.7 Å². The van der Waals surface area contributed by atoms with E-state index in [1.54, 1.807) is 6.08 Å². The maximum Gasteiger partial charge on any atom is 0.331 e. The molecule has 0 saturated heterocycles. The van der Waals surface area contributed by atoms with Crippen molar-refractivity contribution in [2.24, 2.45) is 58.2 Å². The number of ether oxygens (including phenoxy) is 1. The zero-order valence-corrected chi connectivity index (χ0v) is 31.1. The van der Waals surface area contributed by atoms with E-state index in [4.69, 9.17) is 4.74 Å². The lowest BCUT2D eigenvalue weighted by Gasteiger charge is -2.72. The number of unbranched alkanes of at least 4 members (excludes halogenated alkanes) is 2. The number of allylic oxidation sites excluding steroid dienone is 1. The molecular weight excluding hydrogens is 632 g/mol. The van der Waals surface area contributed by atoms with E-state index >= 15 is 0 Å². The highest BCUT2D eigenvalue weighted by molar-refractivity contribution is 5.87. The molecule has 50 heavy (non-hydrogen) atoms. The highest BCUT2D eigenvalue weighted by atomic mass is 16.5. The van der Waals surface area contributed by atoms with Gasteiger partial charge in [-0.2, -0.15) is 0 Å². The molecule has 1 heterocycles. The number of likely N-dealkylation sites (N-methyl/N-ethyl adjacent to an activating group) is 1. The number of aldehydes is 1. The molecule has 7 aliphatic rings. The molecule has 0 aromatic carbocycles. The molecule has 0 amide bonds. The molecule has 6 N–H and O–H groups in total. The minimum Gasteiger partial charge on any atom is -0.450 e. The molecule has 9 nitrogen and oxygen atoms in total. The molecule has 6 aliphatic carbocycles. The highest BCUT2D eigenvalue weighted by Crippen LogP contribution is 2.76. The third kappa shape index (κ3) is 4.92. The number of nitrogens with one attached hydrogen (secondary N) is 2. The van der Waals surface area contributed by atoms with Gasteiger partial charge in [0.05, 0.1) is 22.7 Å². The van der Waals surface area contributed by atoms with Crippen LogP contribution in [0.2, 0.25) is 0 Å². The molecule has 280 valence electrons. The van der Waals surface area contributed by atoms with Gasteiger partial charge in [0.1, 0.15) is 18.0 Å². The smallest absolute Gasteiger partial charge is 0.331 e. The quantitative estimate of drug-likeness (QED) is 0.0814. The lowest BCUT2D eigenvalue weighted by molar-refractivity contribution is -0.346. The third-order valence-electron chi connectivity index (χ3n) is 16.0. The van der Waals surface area contributed by atoms with Gasteiger partial charge in [0.2, 0.25) is 0 Å². The maximum absolute atomic E-state index is 14.0. The summed E-state index contributed by atoms with van der Waals surface area (Å²) in [4.78, 5) is 26.9. The Hall–Kier alpha value is -1.62. The van der Waals surface area contributed by atoms with E-state index in [2.05, 4.69) is 44.4 Å². The first-order valence-corrected chi connectivity index (χ1v) is 20.1. The molecule has 14 atom stereocenters. The van der Waals surface area contributed by atoms with Gasteiger partial charge in [0.15, 0.2) is 0 Å². The number of aliphatic hydroxyl groups is 4. The molecule has 1 aliphatic heterocycles. The van der Waals surface area contributed by atoms with Gasteiger partial charge in [-0.15, -0.1) is 0 Å². The van der Waals surface area contributed by atoms with Gasteiger partial charge in [-0.3, -0.25) is 0 Å². The van der Waals surface area contributed by atoms with Crippen molar-refractivity contribution in [1.82, 2.24) is 10.6 Å². The number of carbonyl (C=O) groups excluding carboxylic acids is 2. The van der Waals surface area contributed by atoms with Gasteiger partial charge < -0.3 is 40.6 Å². The SMILES string of the molecule is CCCCC[C@@H]1C[C@]2(C=O)[C@H]3CC[C@]4(C)[C@H]5C6=CC(=O)O[C@H]6C(CNCCNC)=C[C@@H]5C[C@]4(O)[C@]3(O)C[C@@H]3C[C@@H](C(C)C)CC[C@H]([C@H]1O)[C@@]32O. The number of esters is 1. The van der Waals surface area contributed by atoms with Crippen LogP contribution >= 0.6 is 0 Å². The van der Waals surface area contributed by atoms with Crippen molar-refractivity contribution >= 4 is 12.3 Å². The largest absolute Gasteiger partial charge is 0.450 e. The summed E-state index contributed by atoms with van der Waals surface area (Å²) >= 11 is 0. The normalized spacial score (nSPS) is 49.1. The Balaban J connectivity index is 1.33. The fourth-order valence-electron chi connectivity index (χ4n) is 13.7. The summed E-state index contributed by atoms with van der Waals surface area (Å²) in [7, 11) is 1.91. The molecule has 0 aromatic rings. The first kappa shape index (κ1) is 36.7. The molecule has 7 rings (SSSR count). The lowest BCUT2D eigenvalue weighted by Crippen LogP contribution is -2.81. The van der Waals surface area contributed by atoms with Crippen LogP contribution in [0.5, 0.6) is 0 Å². The molecule has 5 saturated carbocycles. The summed E-state index contributed by atoms with van der Waals surface area (Å²) in [5.74, 6) is -1.75. The van der Waals surface area contributed by atoms with Crippen LogP contribution in [0, 0.1) is 58.2 Å². The lowest BCUT2D eigenvalue weighted by atomic mass is 9.35. The molecule has 0 radical (unpaired) electrons. The van der Waals surface area contributed by atoms with Crippen LogP contribution in [0.15, 0.2) is 23.3 Å². The van der Waals surface area contributed by atoms with E-state index in [1.807, 2.05) is 7.05 Å². The average Bonchev–Trinajstić information content (AvgIpc) is 3.51. The van der Waals surface area contributed by atoms with E-state index in [9.17, 15) is 30.0 Å². The topological polar surface area (TPSA) is 148 Å². The van der Waals surface area contributed by atoms with Gasteiger partial charge >= 0.3 is 5.97 Å². The van der Waals surface area contributed by atoms with Crippen LogP contribution < -0.4 is 10.6 Å². The second kappa shape index (κ2) is 13.0. The summed E-state index contributed by atoms with van der Waals surface area (Å²) in [6.07, 6.45) is 11.5. The standard InChI is InChI=1S/C41H64N2O7/c1-6-7-8-9-26-19-38(23-44)32-12-13-37(4)34-27(16-28(22-43-15-14-42-5)36-30(34)18-33(45)50-36)20-40(37,48)39(32,47)21-29-17-25(24(2)3)10-11-31(35(26)46)41(29,38)49/h16,18,23-27,29,31-32,34-36,42-43,46-49H,6-15,17,19-22H2,1-5H3/t25-,26+,27+,29-,31+,32+,34+,35-,36-,37+,38-,39-,40+,41-/m0/s1. The number of hydrogen-bond donors (Lipinski definition) is 6. The van der Waals surface area contributed by atoms with Crippen LogP contribution in [0.1, 0.15) is 105 Å². The number of hydrogen-bond acceptors (Lipinski definition) is 9. The van der Waals surface area contributed by atoms with E-state index < -0.39 is 57.6 Å². The zero-order valence-electron chi connectivity index (χ0n) is 31.1. The van der Waals surface area contributed by atoms with Gasteiger partial charge in [-0.25, -0.2) is 4.79 Å². The summed E-state index contributed by atoms with van der Waals surface area (Å²) in [5.41, 5.74) is -4.85. The summed E-state index contributed by atoms with van der Waals surface area (Å²) < 4.78 is 5.91. The van der Waals surface area contributed by atoms with E-state index in [-0.39, 0.29) is 36.1 Å². The van der Waals surface area contributed by atoms with Crippen LogP contribution in [0.4, 0.5) is 0 Å². The fourth-order valence-corrected chi connectivity index (χ4v) is 13.7. The first-order valence-electron chi connectivity index (χ1n) is 20.1. The monoisotopic (exact) mass is 696 g/mol.